The van der Waals surface area contributed by atoms with E-state index in [1.165, 1.54) is 13.8 Å². The number of hydrogen-bond donors (Lipinski definition) is 10. The van der Waals surface area contributed by atoms with Crippen molar-refractivity contribution in [3.63, 3.8) is 0 Å². The number of carbonyl (C=O) groups is 8. The van der Waals surface area contributed by atoms with E-state index in [0.717, 1.165) is 19.3 Å². The van der Waals surface area contributed by atoms with Crippen LogP contribution in [-0.4, -0.2) is 102 Å². The van der Waals surface area contributed by atoms with E-state index < -0.39 is 83.4 Å². The number of carbonyl (C=O) groups excluding carboxylic acids is 8. The average Bonchev–Trinajstić information content (AvgIpc) is 3.09. The lowest BCUT2D eigenvalue weighted by Crippen LogP contribution is -2.59. The Morgan fingerprint density at radius 2 is 1.20 bits per heavy atom. The maximum Gasteiger partial charge on any atom is 0.250 e. The molecule has 0 saturated carbocycles. The topological polar surface area (TPSA) is 325 Å². The minimum absolute atomic E-state index is 0.119. The van der Waals surface area contributed by atoms with Gasteiger partial charge in [-0.05, 0) is 44.9 Å². The lowest BCUT2D eigenvalue weighted by atomic mass is 9.96. The van der Waals surface area contributed by atoms with E-state index in [-0.39, 0.29) is 44.2 Å². The highest BCUT2D eigenvalue weighted by Gasteiger charge is 2.33. The molecule has 1 unspecified atom stereocenters. The number of guanidine groups is 1. The Bertz CT molecular complexity index is 1290. The third kappa shape index (κ3) is 20.4. The second-order valence-corrected chi connectivity index (χ2v) is 13.5. The second kappa shape index (κ2) is 26.9. The van der Waals surface area contributed by atoms with Gasteiger partial charge in [-0.3, -0.25) is 43.3 Å². The first-order valence-electron chi connectivity index (χ1n) is 18.7. The average molecular weight is 768 g/mol. The van der Waals surface area contributed by atoms with E-state index in [2.05, 4.69) is 36.9 Å². The van der Waals surface area contributed by atoms with Crippen molar-refractivity contribution < 1.29 is 38.4 Å². The van der Waals surface area contributed by atoms with Gasteiger partial charge in [0, 0.05) is 32.5 Å². The van der Waals surface area contributed by atoms with E-state index in [1.807, 2.05) is 20.8 Å². The molecule has 0 bridgehead atoms. The second-order valence-electron chi connectivity index (χ2n) is 13.5. The zero-order chi connectivity index (χ0) is 41.4. The third-order valence-electron chi connectivity index (χ3n) is 8.75. The Balaban J connectivity index is 6.08. The highest BCUT2D eigenvalue weighted by Crippen LogP contribution is 2.11. The number of ketones is 1. The molecule has 7 atom stereocenters. The Hall–Kier alpha value is -4.81. The summed E-state index contributed by atoms with van der Waals surface area (Å²) in [6, 6.07) is -6.12. The molecular weight excluding hydrogens is 702 g/mol. The summed E-state index contributed by atoms with van der Waals surface area (Å²) in [5.74, 6) is -5.71. The van der Waals surface area contributed by atoms with E-state index in [9.17, 15) is 38.4 Å². The molecule has 0 aliphatic heterocycles. The molecule has 0 aromatic carbocycles. The molecule has 0 fully saturated rings. The first-order valence-corrected chi connectivity index (χ1v) is 18.7. The zero-order valence-electron chi connectivity index (χ0n) is 32.8. The molecular formula is C35H65N11O8. The maximum atomic E-state index is 13.7. The van der Waals surface area contributed by atoms with Crippen LogP contribution >= 0.6 is 0 Å². The van der Waals surface area contributed by atoms with Crippen LogP contribution in [0.3, 0.4) is 0 Å². The number of nitrogens with one attached hydrogen (secondary N) is 6. The van der Waals surface area contributed by atoms with Crippen molar-refractivity contribution in [1.82, 2.24) is 31.9 Å². The fourth-order valence-corrected chi connectivity index (χ4v) is 5.37. The Morgan fingerprint density at radius 1 is 0.630 bits per heavy atom. The first-order chi connectivity index (χ1) is 25.4. The summed E-state index contributed by atoms with van der Waals surface area (Å²) >= 11 is 0. The van der Waals surface area contributed by atoms with Crippen LogP contribution < -0.4 is 54.8 Å². The lowest BCUT2D eigenvalue weighted by Gasteiger charge is -2.29. The molecule has 0 aromatic heterocycles. The standard InChI is InChI=1S/C35H65N11O8/c1-7-10-13-23(43-33(53)28(20(4)9-3)46-34(54)29(21(5)47)42-22(6)48)19-41-25(14-11-8-2)31(51)45-26(16-17-27(36)49)32(52)44-24(30(37)50)15-12-18-40-35(38)39/h20,23-26,28-29,41H,7-19H2,1-6H3,(H2,36,49)(H2,37,50)(H,42,48)(H,43,53)(H,44,52)(H,45,51)(H,46,54)(H4,38,39,40)/t20-,23?,24-,25-,26-,28-,29+/m0/s1. The van der Waals surface area contributed by atoms with Crippen molar-refractivity contribution in [2.45, 2.75) is 148 Å². The highest BCUT2D eigenvalue weighted by atomic mass is 16.2. The van der Waals surface area contributed by atoms with Crippen LogP contribution in [0.2, 0.25) is 0 Å². The van der Waals surface area contributed by atoms with Gasteiger partial charge in [-0.1, -0.05) is 59.8 Å². The van der Waals surface area contributed by atoms with Crippen molar-refractivity contribution in [1.29, 1.82) is 0 Å². The predicted octanol–water partition coefficient (Wildman–Crippen LogP) is -1.79. The molecule has 0 aromatic rings. The largest absolute Gasteiger partial charge is 0.370 e. The zero-order valence-corrected chi connectivity index (χ0v) is 32.8. The lowest BCUT2D eigenvalue weighted by molar-refractivity contribution is -0.137. The van der Waals surface area contributed by atoms with Crippen LogP contribution in [0.15, 0.2) is 4.99 Å². The molecule has 14 N–H and O–H groups in total. The SMILES string of the molecule is CCCCC(CN[C@@H](CCCC)C(=O)N[C@@H](CCC(N)=O)C(=O)N[C@@H](CCCN=C(N)N)C(N)=O)NC(=O)[C@@H](NC(=O)[C@H](NC(C)=O)C(C)=O)[C@@H](C)CC. The Labute approximate surface area is 318 Å². The van der Waals surface area contributed by atoms with Crippen LogP contribution in [-0.2, 0) is 38.4 Å². The van der Waals surface area contributed by atoms with Gasteiger partial charge in [0.05, 0.1) is 6.04 Å². The Morgan fingerprint density at radius 3 is 1.72 bits per heavy atom. The molecule has 7 amide bonds. The van der Waals surface area contributed by atoms with Gasteiger partial charge >= 0.3 is 0 Å². The summed E-state index contributed by atoms with van der Waals surface area (Å²) < 4.78 is 0. The highest BCUT2D eigenvalue weighted by molar-refractivity contribution is 6.07. The van der Waals surface area contributed by atoms with Crippen LogP contribution in [0.1, 0.15) is 112 Å². The predicted molar refractivity (Wildman–Crippen MR) is 204 cm³/mol. The number of nitrogens with zero attached hydrogens (tertiary/aromatic N) is 1. The molecule has 0 spiro atoms. The molecule has 19 heteroatoms. The van der Waals surface area contributed by atoms with Gasteiger partial charge in [0.1, 0.15) is 18.1 Å². The quantitative estimate of drug-likeness (QED) is 0.0175. The summed E-state index contributed by atoms with van der Waals surface area (Å²) in [7, 11) is 0. The Kier molecular flexibility index (Phi) is 24.5. The van der Waals surface area contributed by atoms with Crippen LogP contribution in [0.4, 0.5) is 0 Å². The minimum atomic E-state index is -1.45. The van der Waals surface area contributed by atoms with E-state index in [0.29, 0.717) is 32.1 Å². The van der Waals surface area contributed by atoms with Crippen molar-refractivity contribution in [3.8, 4) is 0 Å². The molecule has 0 aliphatic rings. The number of amides is 7. The van der Waals surface area contributed by atoms with E-state index in [4.69, 9.17) is 22.9 Å². The van der Waals surface area contributed by atoms with Gasteiger partial charge in [0.2, 0.25) is 35.4 Å². The number of unbranched alkanes of at least 4 members (excludes halogenated alkanes) is 2. The smallest absolute Gasteiger partial charge is 0.250 e. The van der Waals surface area contributed by atoms with Gasteiger partial charge in [0.15, 0.2) is 17.8 Å². The van der Waals surface area contributed by atoms with Crippen LogP contribution in [0, 0.1) is 5.92 Å². The van der Waals surface area contributed by atoms with Gasteiger partial charge < -0.3 is 54.8 Å². The summed E-state index contributed by atoms with van der Waals surface area (Å²) in [4.78, 5) is 105. The molecule has 308 valence electrons. The number of primary amides is 2. The minimum Gasteiger partial charge on any atom is -0.370 e. The van der Waals surface area contributed by atoms with Crippen molar-refractivity contribution in [2.24, 2.45) is 33.8 Å². The number of nitrogens with two attached hydrogens (primary N) is 4. The van der Waals surface area contributed by atoms with Crippen LogP contribution in [0.5, 0.6) is 0 Å². The van der Waals surface area contributed by atoms with Gasteiger partial charge in [-0.25, -0.2) is 0 Å². The fraction of sp³-hybridized carbons (Fsp3) is 0.743. The monoisotopic (exact) mass is 768 g/mol. The fourth-order valence-electron chi connectivity index (χ4n) is 5.37. The molecule has 0 saturated heterocycles. The van der Waals surface area contributed by atoms with Gasteiger partial charge in [-0.2, -0.15) is 0 Å². The van der Waals surface area contributed by atoms with Gasteiger partial charge in [0.25, 0.3) is 5.91 Å². The maximum absolute atomic E-state index is 13.7. The molecule has 54 heavy (non-hydrogen) atoms. The van der Waals surface area contributed by atoms with Crippen LogP contribution in [0.25, 0.3) is 0 Å². The summed E-state index contributed by atoms with van der Waals surface area (Å²) in [6.45, 7) is 10.2. The molecule has 0 heterocycles. The first kappa shape index (κ1) is 49.2. The number of aliphatic imine (C=N–C) groups is 1. The summed E-state index contributed by atoms with van der Waals surface area (Å²) in [5, 5.41) is 16.4. The normalized spacial score (nSPS) is 14.8. The van der Waals surface area contributed by atoms with Crippen molar-refractivity contribution in [2.75, 3.05) is 13.1 Å². The van der Waals surface area contributed by atoms with Crippen molar-refractivity contribution in [3.05, 3.63) is 0 Å². The summed E-state index contributed by atoms with van der Waals surface area (Å²) in [5.41, 5.74) is 21.5. The van der Waals surface area contributed by atoms with Gasteiger partial charge in [-0.15, -0.1) is 0 Å². The van der Waals surface area contributed by atoms with E-state index in [1.54, 1.807) is 6.92 Å². The van der Waals surface area contributed by atoms with Crippen molar-refractivity contribution >= 4 is 53.1 Å². The molecule has 0 radical (unpaired) electrons. The molecule has 0 aliphatic carbocycles. The molecule has 19 nitrogen and oxygen atoms in total. The number of Topliss-reactive ketones (excluding diaryl/α,β-unsaturated/α-hetero) is 1. The molecule has 0 rings (SSSR count). The third-order valence-corrected chi connectivity index (χ3v) is 8.75. The summed E-state index contributed by atoms with van der Waals surface area (Å²) in [6.07, 6.45) is 4.43. The number of rotatable bonds is 29. The van der Waals surface area contributed by atoms with E-state index >= 15 is 0 Å². The number of hydrogen-bond acceptors (Lipinski definition) is 10.